The second kappa shape index (κ2) is 9.09. The summed E-state index contributed by atoms with van der Waals surface area (Å²) < 4.78 is 13.7. The molecule has 1 heterocycles. The fourth-order valence-corrected chi connectivity index (χ4v) is 3.54. The maximum absolute atomic E-state index is 13.7. The predicted molar refractivity (Wildman–Crippen MR) is 115 cm³/mol. The second-order valence-electron chi connectivity index (χ2n) is 7.16. The first-order valence-corrected chi connectivity index (χ1v) is 10.0. The normalized spacial score (nSPS) is 15.4. The number of nitrogens with zero attached hydrogens (tertiary/aromatic N) is 2. The van der Waals surface area contributed by atoms with Gasteiger partial charge in [-0.15, -0.1) is 0 Å². The number of halogens is 2. The molecule has 152 valence electrons. The molecule has 4 rings (SSSR count). The summed E-state index contributed by atoms with van der Waals surface area (Å²) in [5.74, 6) is -0.687. The first kappa shape index (κ1) is 20.1. The Kier molecular flexibility index (Phi) is 6.10. The molecule has 1 aliphatic rings. The zero-order valence-electron chi connectivity index (χ0n) is 16.2. The van der Waals surface area contributed by atoms with Crippen LogP contribution in [0.3, 0.4) is 0 Å². The van der Waals surface area contributed by atoms with Crippen LogP contribution in [0.2, 0.25) is 5.02 Å². The molecule has 4 nitrogen and oxygen atoms in total. The van der Waals surface area contributed by atoms with E-state index in [2.05, 4.69) is 5.16 Å². The van der Waals surface area contributed by atoms with Crippen molar-refractivity contribution in [1.29, 1.82) is 0 Å². The van der Waals surface area contributed by atoms with Crippen molar-refractivity contribution in [3.8, 4) is 0 Å². The van der Waals surface area contributed by atoms with Gasteiger partial charge in [0.25, 0.3) is 5.91 Å². The SMILES string of the molecule is O=C(c1cccc(F)c1)N(Cc1ccccc1)CC1CC(c2ccc(Cl)cc2)=NO1. The molecule has 1 unspecified atom stereocenters. The van der Waals surface area contributed by atoms with Gasteiger partial charge in [0.2, 0.25) is 0 Å². The Bertz CT molecular complexity index is 1050. The van der Waals surface area contributed by atoms with Gasteiger partial charge in [-0.3, -0.25) is 4.79 Å². The minimum absolute atomic E-state index is 0.248. The summed E-state index contributed by atoms with van der Waals surface area (Å²) in [6, 6.07) is 22.8. The van der Waals surface area contributed by atoms with Crippen molar-refractivity contribution in [3.63, 3.8) is 0 Å². The molecular weight excluding hydrogens is 403 g/mol. The molecule has 1 amide bonds. The molecular formula is C24H20ClFN2O2. The number of amides is 1. The number of carbonyl (C=O) groups excluding carboxylic acids is 1. The van der Waals surface area contributed by atoms with Crippen molar-refractivity contribution in [3.05, 3.63) is 106 Å². The fourth-order valence-electron chi connectivity index (χ4n) is 3.41. The summed E-state index contributed by atoms with van der Waals surface area (Å²) in [4.78, 5) is 20.4. The molecule has 30 heavy (non-hydrogen) atoms. The van der Waals surface area contributed by atoms with E-state index in [0.717, 1.165) is 16.8 Å². The van der Waals surface area contributed by atoms with Crippen molar-refractivity contribution < 1.29 is 14.0 Å². The third-order valence-electron chi connectivity index (χ3n) is 4.91. The Labute approximate surface area is 179 Å². The van der Waals surface area contributed by atoms with Crippen LogP contribution in [0.25, 0.3) is 0 Å². The lowest BCUT2D eigenvalue weighted by molar-refractivity contribution is 0.0405. The second-order valence-corrected chi connectivity index (χ2v) is 7.59. The van der Waals surface area contributed by atoms with Crippen LogP contribution in [0.1, 0.15) is 27.9 Å². The molecule has 0 bridgehead atoms. The maximum Gasteiger partial charge on any atom is 0.254 e. The topological polar surface area (TPSA) is 41.9 Å². The molecule has 0 fully saturated rings. The highest BCUT2D eigenvalue weighted by Gasteiger charge is 2.27. The number of benzene rings is 3. The van der Waals surface area contributed by atoms with E-state index in [1.807, 2.05) is 54.6 Å². The van der Waals surface area contributed by atoms with Crippen LogP contribution in [0.15, 0.2) is 84.0 Å². The summed E-state index contributed by atoms with van der Waals surface area (Å²) in [6.07, 6.45) is 0.292. The van der Waals surface area contributed by atoms with Crippen molar-refractivity contribution in [2.45, 2.75) is 19.1 Å². The molecule has 1 atom stereocenters. The van der Waals surface area contributed by atoms with Crippen LogP contribution in [-0.4, -0.2) is 29.2 Å². The summed E-state index contributed by atoms with van der Waals surface area (Å²) in [5.41, 5.74) is 3.05. The van der Waals surface area contributed by atoms with Crippen molar-refractivity contribution in [2.75, 3.05) is 6.54 Å². The smallest absolute Gasteiger partial charge is 0.254 e. The lowest BCUT2D eigenvalue weighted by atomic mass is 10.0. The molecule has 1 aliphatic heterocycles. The Morgan fingerprint density at radius 1 is 1.07 bits per heavy atom. The zero-order valence-corrected chi connectivity index (χ0v) is 16.9. The largest absolute Gasteiger partial charge is 0.390 e. The Morgan fingerprint density at radius 3 is 2.57 bits per heavy atom. The molecule has 0 radical (unpaired) electrons. The van der Waals surface area contributed by atoms with Gasteiger partial charge in [-0.1, -0.05) is 65.3 Å². The van der Waals surface area contributed by atoms with E-state index in [0.29, 0.717) is 30.1 Å². The van der Waals surface area contributed by atoms with Crippen molar-refractivity contribution in [2.24, 2.45) is 5.16 Å². The molecule has 3 aromatic carbocycles. The molecule has 0 spiro atoms. The lowest BCUT2D eigenvalue weighted by Gasteiger charge is -2.25. The average Bonchev–Trinajstić information content (AvgIpc) is 3.22. The summed E-state index contributed by atoms with van der Waals surface area (Å²) in [7, 11) is 0. The molecule has 0 aromatic heterocycles. The highest BCUT2D eigenvalue weighted by molar-refractivity contribution is 6.30. The van der Waals surface area contributed by atoms with Gasteiger partial charge in [0, 0.05) is 23.6 Å². The number of oxime groups is 1. The van der Waals surface area contributed by atoms with Crippen molar-refractivity contribution >= 4 is 23.2 Å². The Balaban J connectivity index is 1.50. The number of hydrogen-bond acceptors (Lipinski definition) is 3. The van der Waals surface area contributed by atoms with E-state index in [-0.39, 0.29) is 12.0 Å². The lowest BCUT2D eigenvalue weighted by Crippen LogP contribution is -2.37. The monoisotopic (exact) mass is 422 g/mol. The molecule has 0 saturated carbocycles. The quantitative estimate of drug-likeness (QED) is 0.540. The van der Waals surface area contributed by atoms with Gasteiger partial charge in [0.15, 0.2) is 6.10 Å². The van der Waals surface area contributed by atoms with E-state index in [4.69, 9.17) is 16.4 Å². The van der Waals surface area contributed by atoms with Crippen LogP contribution in [0, 0.1) is 5.82 Å². The van der Waals surface area contributed by atoms with Gasteiger partial charge >= 0.3 is 0 Å². The van der Waals surface area contributed by atoms with Gasteiger partial charge in [-0.25, -0.2) is 4.39 Å². The van der Waals surface area contributed by atoms with E-state index < -0.39 is 5.82 Å². The van der Waals surface area contributed by atoms with E-state index in [1.54, 1.807) is 11.0 Å². The Morgan fingerprint density at radius 2 is 1.83 bits per heavy atom. The van der Waals surface area contributed by atoms with Gasteiger partial charge in [-0.2, -0.15) is 0 Å². The minimum atomic E-state index is -0.439. The zero-order chi connectivity index (χ0) is 20.9. The molecule has 0 saturated heterocycles. The summed E-state index contributed by atoms with van der Waals surface area (Å²) >= 11 is 5.96. The van der Waals surface area contributed by atoms with Crippen LogP contribution in [-0.2, 0) is 11.4 Å². The summed E-state index contributed by atoms with van der Waals surface area (Å²) in [5, 5.41) is 4.86. The first-order valence-electron chi connectivity index (χ1n) is 9.66. The number of hydrogen-bond donors (Lipinski definition) is 0. The third kappa shape index (κ3) is 4.86. The van der Waals surface area contributed by atoms with E-state index >= 15 is 0 Å². The van der Waals surface area contributed by atoms with Crippen molar-refractivity contribution in [1.82, 2.24) is 4.90 Å². The number of rotatable bonds is 6. The van der Waals surface area contributed by atoms with Gasteiger partial charge < -0.3 is 9.74 Å². The Hall–Kier alpha value is -3.18. The molecule has 0 N–H and O–H groups in total. The van der Waals surface area contributed by atoms with Crippen LogP contribution in [0.4, 0.5) is 4.39 Å². The predicted octanol–water partition coefficient (Wildman–Crippen LogP) is 5.31. The first-order chi connectivity index (χ1) is 14.6. The third-order valence-corrected chi connectivity index (χ3v) is 5.16. The summed E-state index contributed by atoms with van der Waals surface area (Å²) in [6.45, 7) is 0.733. The molecule has 6 heteroatoms. The molecule has 0 aliphatic carbocycles. The maximum atomic E-state index is 13.7. The van der Waals surface area contributed by atoms with E-state index in [9.17, 15) is 9.18 Å². The standard InChI is InChI=1S/C24H20ClFN2O2/c25-20-11-9-18(10-12-20)23-14-22(30-27-23)16-28(15-17-5-2-1-3-6-17)24(29)19-7-4-8-21(26)13-19/h1-13,22H,14-16H2. The number of carbonyl (C=O) groups is 1. The van der Waals surface area contributed by atoms with Gasteiger partial charge in [0.05, 0.1) is 12.3 Å². The van der Waals surface area contributed by atoms with Crippen LogP contribution >= 0.6 is 11.6 Å². The highest BCUT2D eigenvalue weighted by Crippen LogP contribution is 2.21. The van der Waals surface area contributed by atoms with Gasteiger partial charge in [0.1, 0.15) is 5.82 Å². The average molecular weight is 423 g/mol. The van der Waals surface area contributed by atoms with Crippen LogP contribution < -0.4 is 0 Å². The fraction of sp³-hybridized carbons (Fsp3) is 0.167. The van der Waals surface area contributed by atoms with E-state index in [1.165, 1.54) is 18.2 Å². The van der Waals surface area contributed by atoms with Gasteiger partial charge in [-0.05, 0) is 41.5 Å². The molecule has 3 aromatic rings. The minimum Gasteiger partial charge on any atom is -0.390 e. The highest BCUT2D eigenvalue weighted by atomic mass is 35.5. The van der Waals surface area contributed by atoms with Crippen LogP contribution in [0.5, 0.6) is 0 Å².